The van der Waals surface area contributed by atoms with Crippen molar-refractivity contribution in [3.05, 3.63) is 27.7 Å². The number of sulfonamides is 1. The number of nitrogens with one attached hydrogen (secondary N) is 2. The molecule has 0 unspecified atom stereocenters. The molecule has 0 aliphatic carbocycles. The Morgan fingerprint density at radius 1 is 1.20 bits per heavy atom. The van der Waals surface area contributed by atoms with Gasteiger partial charge in [-0.2, -0.15) is 13.2 Å². The zero-order chi connectivity index (χ0) is 15.6. The molecular formula is C10H11Cl2F3N2O2S. The summed E-state index contributed by atoms with van der Waals surface area (Å²) in [5.41, 5.74) is 0.408. The largest absolute Gasteiger partial charge is 0.402 e. The lowest BCUT2D eigenvalue weighted by atomic mass is 10.2. The van der Waals surface area contributed by atoms with Crippen LogP contribution in [0.15, 0.2) is 17.0 Å². The fourth-order valence-electron chi connectivity index (χ4n) is 1.36. The Balaban J connectivity index is 3.14. The highest BCUT2D eigenvalue weighted by molar-refractivity contribution is 7.89. The molecule has 0 bridgehead atoms. The van der Waals surface area contributed by atoms with E-state index in [9.17, 15) is 21.6 Å². The Hall–Kier alpha value is -0.540. The second kappa shape index (κ2) is 6.48. The van der Waals surface area contributed by atoms with Crippen LogP contribution in [0.1, 0.15) is 5.56 Å². The van der Waals surface area contributed by atoms with Crippen LogP contribution in [0.5, 0.6) is 0 Å². The molecule has 0 saturated carbocycles. The first kappa shape index (κ1) is 17.5. The van der Waals surface area contributed by atoms with Crippen molar-refractivity contribution in [3.63, 3.8) is 0 Å². The predicted octanol–water partition coefficient (Wildman–Crippen LogP) is 2.55. The Morgan fingerprint density at radius 3 is 2.30 bits per heavy atom. The van der Waals surface area contributed by atoms with Crippen LogP contribution in [0.3, 0.4) is 0 Å². The Kier molecular flexibility index (Phi) is 5.68. The average Bonchev–Trinajstić information content (AvgIpc) is 2.29. The lowest BCUT2D eigenvalue weighted by Gasteiger charge is -2.12. The SMILES string of the molecule is CNCc1cc(S(=O)(=O)NCC(F)(F)F)c(Cl)cc1Cl. The van der Waals surface area contributed by atoms with Gasteiger partial charge in [0, 0.05) is 11.6 Å². The molecule has 0 spiro atoms. The van der Waals surface area contributed by atoms with E-state index < -0.39 is 27.6 Å². The number of alkyl halides is 3. The lowest BCUT2D eigenvalue weighted by Crippen LogP contribution is -2.34. The molecule has 0 aliphatic heterocycles. The average molecular weight is 351 g/mol. The quantitative estimate of drug-likeness (QED) is 0.857. The molecule has 1 aromatic carbocycles. The van der Waals surface area contributed by atoms with Crippen molar-refractivity contribution in [3.8, 4) is 0 Å². The first-order valence-corrected chi connectivity index (χ1v) is 7.49. The summed E-state index contributed by atoms with van der Waals surface area (Å²) < 4.78 is 61.3. The summed E-state index contributed by atoms with van der Waals surface area (Å²) in [7, 11) is -2.76. The van der Waals surface area contributed by atoms with E-state index in [0.717, 1.165) is 6.07 Å². The van der Waals surface area contributed by atoms with Crippen molar-refractivity contribution in [2.75, 3.05) is 13.6 Å². The van der Waals surface area contributed by atoms with Crippen LogP contribution in [0.4, 0.5) is 13.2 Å². The van der Waals surface area contributed by atoms with Gasteiger partial charge in [-0.1, -0.05) is 23.2 Å². The van der Waals surface area contributed by atoms with Gasteiger partial charge < -0.3 is 5.32 Å². The van der Waals surface area contributed by atoms with Gasteiger partial charge in [0.05, 0.1) is 5.02 Å². The lowest BCUT2D eigenvalue weighted by molar-refractivity contribution is -0.121. The number of hydrogen-bond donors (Lipinski definition) is 2. The summed E-state index contributed by atoms with van der Waals surface area (Å²) in [5.74, 6) is 0. The van der Waals surface area contributed by atoms with Crippen LogP contribution >= 0.6 is 23.2 Å². The molecule has 4 nitrogen and oxygen atoms in total. The van der Waals surface area contributed by atoms with Gasteiger partial charge in [-0.25, -0.2) is 13.1 Å². The summed E-state index contributed by atoms with van der Waals surface area (Å²) >= 11 is 11.6. The van der Waals surface area contributed by atoms with Gasteiger partial charge in [0.15, 0.2) is 0 Å². The molecule has 1 rings (SSSR count). The van der Waals surface area contributed by atoms with Crippen molar-refractivity contribution in [2.45, 2.75) is 17.6 Å². The molecule has 20 heavy (non-hydrogen) atoms. The van der Waals surface area contributed by atoms with Crippen molar-refractivity contribution in [2.24, 2.45) is 0 Å². The third-order valence-corrected chi connectivity index (χ3v) is 4.44. The Bertz CT molecular complexity index is 591. The van der Waals surface area contributed by atoms with Gasteiger partial charge in [0.25, 0.3) is 0 Å². The van der Waals surface area contributed by atoms with E-state index >= 15 is 0 Å². The van der Waals surface area contributed by atoms with Crippen LogP contribution in [-0.4, -0.2) is 28.2 Å². The molecule has 2 N–H and O–H groups in total. The van der Waals surface area contributed by atoms with Gasteiger partial charge in [0.1, 0.15) is 11.4 Å². The highest BCUT2D eigenvalue weighted by atomic mass is 35.5. The fraction of sp³-hybridized carbons (Fsp3) is 0.400. The standard InChI is InChI=1S/C10H11Cl2F3N2O2S/c1-16-4-6-2-9(8(12)3-7(6)11)20(18,19)17-5-10(13,14)15/h2-3,16-17H,4-5H2,1H3. The minimum atomic E-state index is -4.65. The molecule has 0 aliphatic rings. The maximum absolute atomic E-state index is 12.1. The molecule has 0 heterocycles. The molecule has 10 heteroatoms. The zero-order valence-electron chi connectivity index (χ0n) is 10.2. The zero-order valence-corrected chi connectivity index (χ0v) is 12.5. The molecule has 0 radical (unpaired) electrons. The smallest absolute Gasteiger partial charge is 0.316 e. The highest BCUT2D eigenvalue weighted by Crippen LogP contribution is 2.29. The summed E-state index contributed by atoms with van der Waals surface area (Å²) in [6.45, 7) is -1.42. The van der Waals surface area contributed by atoms with Gasteiger partial charge in [0.2, 0.25) is 10.0 Å². The van der Waals surface area contributed by atoms with Crippen molar-refractivity contribution in [1.82, 2.24) is 10.0 Å². The molecule has 0 saturated heterocycles. The third kappa shape index (κ3) is 4.78. The molecule has 0 atom stereocenters. The molecule has 114 valence electrons. The molecule has 0 fully saturated rings. The van der Waals surface area contributed by atoms with Gasteiger partial charge >= 0.3 is 6.18 Å². The van der Waals surface area contributed by atoms with E-state index in [4.69, 9.17) is 23.2 Å². The molecule has 1 aromatic rings. The number of benzene rings is 1. The van der Waals surface area contributed by atoms with E-state index in [1.54, 1.807) is 7.05 Å². The van der Waals surface area contributed by atoms with Crippen LogP contribution in [0, 0.1) is 0 Å². The number of halogens is 5. The van der Waals surface area contributed by atoms with E-state index in [0.29, 0.717) is 5.56 Å². The molecule has 0 aromatic heterocycles. The van der Waals surface area contributed by atoms with Crippen molar-refractivity contribution >= 4 is 33.2 Å². The minimum absolute atomic E-state index is 0.221. The second-order valence-electron chi connectivity index (χ2n) is 3.84. The van der Waals surface area contributed by atoms with Crippen LogP contribution in [0.2, 0.25) is 10.0 Å². The van der Waals surface area contributed by atoms with Crippen molar-refractivity contribution in [1.29, 1.82) is 0 Å². The van der Waals surface area contributed by atoms with Gasteiger partial charge in [-0.3, -0.25) is 0 Å². The van der Waals surface area contributed by atoms with E-state index in [1.165, 1.54) is 10.8 Å². The van der Waals surface area contributed by atoms with Gasteiger partial charge in [-0.05, 0) is 24.7 Å². The Morgan fingerprint density at radius 2 is 1.80 bits per heavy atom. The molecule has 0 amide bonds. The fourth-order valence-corrected chi connectivity index (χ4v) is 3.23. The normalized spacial score (nSPS) is 12.7. The van der Waals surface area contributed by atoms with Crippen molar-refractivity contribution < 1.29 is 21.6 Å². The maximum Gasteiger partial charge on any atom is 0.402 e. The first-order chi connectivity index (χ1) is 9.07. The highest BCUT2D eigenvalue weighted by Gasteiger charge is 2.31. The second-order valence-corrected chi connectivity index (χ2v) is 6.39. The van der Waals surface area contributed by atoms with E-state index in [-0.39, 0.29) is 16.6 Å². The topological polar surface area (TPSA) is 58.2 Å². The Labute approximate surface area is 124 Å². The number of rotatable bonds is 5. The molecular weight excluding hydrogens is 340 g/mol. The van der Waals surface area contributed by atoms with Crippen LogP contribution in [0.25, 0.3) is 0 Å². The third-order valence-electron chi connectivity index (χ3n) is 2.22. The van der Waals surface area contributed by atoms with Crippen LogP contribution < -0.4 is 10.0 Å². The summed E-state index contributed by atoms with van der Waals surface area (Å²) in [6, 6.07) is 2.32. The maximum atomic E-state index is 12.1. The first-order valence-electron chi connectivity index (χ1n) is 5.26. The summed E-state index contributed by atoms with van der Waals surface area (Å²) in [5, 5.41) is 2.73. The monoisotopic (exact) mass is 350 g/mol. The predicted molar refractivity (Wildman–Crippen MR) is 70.5 cm³/mol. The minimum Gasteiger partial charge on any atom is -0.316 e. The summed E-state index contributed by atoms with van der Waals surface area (Å²) in [4.78, 5) is -0.446. The van der Waals surface area contributed by atoms with E-state index in [1.807, 2.05) is 0 Å². The van der Waals surface area contributed by atoms with E-state index in [2.05, 4.69) is 5.32 Å². The van der Waals surface area contributed by atoms with Crippen LogP contribution in [-0.2, 0) is 16.6 Å². The van der Waals surface area contributed by atoms with Gasteiger partial charge in [-0.15, -0.1) is 0 Å². The summed E-state index contributed by atoms with van der Waals surface area (Å²) in [6.07, 6.45) is -4.65. The number of hydrogen-bond acceptors (Lipinski definition) is 3.